The van der Waals surface area contributed by atoms with Gasteiger partial charge in [0.2, 0.25) is 5.91 Å². The number of nitriles is 1. The molecule has 174 valence electrons. The number of aliphatic carboxylic acids is 1. The van der Waals surface area contributed by atoms with Crippen molar-refractivity contribution >= 4 is 22.8 Å². The van der Waals surface area contributed by atoms with Crippen LogP contribution in [0.1, 0.15) is 54.5 Å². The second kappa shape index (κ2) is 9.34. The van der Waals surface area contributed by atoms with E-state index in [4.69, 9.17) is 5.26 Å². The molecule has 6 heteroatoms. The molecule has 6 nitrogen and oxygen atoms in total. The molecular weight excluding hydrogens is 426 g/mol. The highest BCUT2D eigenvalue weighted by molar-refractivity contribution is 5.87. The Morgan fingerprint density at radius 1 is 1.03 bits per heavy atom. The van der Waals surface area contributed by atoms with E-state index in [2.05, 4.69) is 34.9 Å². The highest BCUT2D eigenvalue weighted by Gasteiger charge is 2.31. The lowest BCUT2D eigenvalue weighted by Gasteiger charge is -2.31. The van der Waals surface area contributed by atoms with Crippen molar-refractivity contribution in [2.24, 2.45) is 11.8 Å². The van der Waals surface area contributed by atoms with Gasteiger partial charge in [-0.2, -0.15) is 5.26 Å². The van der Waals surface area contributed by atoms with Crippen molar-refractivity contribution in [3.05, 3.63) is 70.9 Å². The first-order valence-electron chi connectivity index (χ1n) is 12.1. The summed E-state index contributed by atoms with van der Waals surface area (Å²) in [7, 11) is 0. The highest BCUT2D eigenvalue weighted by atomic mass is 16.4. The molecule has 0 bridgehead atoms. The molecule has 1 N–H and O–H groups in total. The Morgan fingerprint density at radius 3 is 2.47 bits per heavy atom. The van der Waals surface area contributed by atoms with Crippen LogP contribution in [0.3, 0.4) is 0 Å². The summed E-state index contributed by atoms with van der Waals surface area (Å²) in [5.41, 5.74) is 5.48. The number of hydrogen-bond acceptors (Lipinski definition) is 3. The van der Waals surface area contributed by atoms with Crippen molar-refractivity contribution in [1.82, 2.24) is 9.47 Å². The molecule has 0 atom stereocenters. The van der Waals surface area contributed by atoms with E-state index in [0.717, 1.165) is 31.4 Å². The molecule has 0 unspecified atom stereocenters. The standard InChI is InChI=1S/C28H29N3O3/c29-16-20-5-7-21(8-6-20)17-31-25-4-2-1-3-23(25)24-13-14-30(18-26(24)31)27(32)15-19-9-11-22(12-10-19)28(33)34/h1-8,19,22H,9-15,17-18H2,(H,33,34). The van der Waals surface area contributed by atoms with E-state index >= 15 is 0 Å². The molecule has 5 rings (SSSR count). The van der Waals surface area contributed by atoms with Crippen LogP contribution in [0, 0.1) is 23.2 Å². The lowest BCUT2D eigenvalue weighted by atomic mass is 9.80. The maximum Gasteiger partial charge on any atom is 0.306 e. The van der Waals surface area contributed by atoms with Gasteiger partial charge in [0.05, 0.1) is 24.1 Å². The zero-order valence-electron chi connectivity index (χ0n) is 19.2. The van der Waals surface area contributed by atoms with Crippen LogP contribution in [0.25, 0.3) is 10.9 Å². The van der Waals surface area contributed by atoms with E-state index in [-0.39, 0.29) is 17.7 Å². The fourth-order valence-electron chi connectivity index (χ4n) is 5.64. The van der Waals surface area contributed by atoms with Crippen molar-refractivity contribution in [2.45, 2.75) is 51.6 Å². The van der Waals surface area contributed by atoms with Gasteiger partial charge in [-0.25, -0.2) is 0 Å². The van der Waals surface area contributed by atoms with Crippen molar-refractivity contribution in [1.29, 1.82) is 5.26 Å². The Bertz CT molecular complexity index is 1260. The second-order valence-corrected chi connectivity index (χ2v) is 9.66. The summed E-state index contributed by atoms with van der Waals surface area (Å²) in [6.07, 6.45) is 4.35. The Kier molecular flexibility index (Phi) is 6.10. The lowest BCUT2D eigenvalue weighted by Crippen LogP contribution is -2.38. The number of carbonyl (C=O) groups is 2. The maximum absolute atomic E-state index is 13.2. The van der Waals surface area contributed by atoms with Crippen LogP contribution in [0.5, 0.6) is 0 Å². The first kappa shape index (κ1) is 22.2. The van der Waals surface area contributed by atoms with Gasteiger partial charge >= 0.3 is 5.97 Å². The van der Waals surface area contributed by atoms with E-state index in [1.165, 1.54) is 22.2 Å². The average Bonchev–Trinajstić information content (AvgIpc) is 3.17. The number of carbonyl (C=O) groups excluding carboxylic acids is 1. The number of hydrogen-bond donors (Lipinski definition) is 1. The minimum absolute atomic E-state index is 0.180. The predicted molar refractivity (Wildman–Crippen MR) is 129 cm³/mol. The first-order chi connectivity index (χ1) is 16.5. The Morgan fingerprint density at radius 2 is 1.76 bits per heavy atom. The summed E-state index contributed by atoms with van der Waals surface area (Å²) in [5, 5.41) is 19.6. The SMILES string of the molecule is N#Cc1ccc(Cn2c3c(c4ccccc42)CCN(C(=O)CC2CCC(C(=O)O)CC2)C3)cc1. The zero-order chi connectivity index (χ0) is 23.7. The fourth-order valence-corrected chi connectivity index (χ4v) is 5.64. The Balaban J connectivity index is 1.35. The average molecular weight is 456 g/mol. The first-order valence-corrected chi connectivity index (χ1v) is 12.1. The van der Waals surface area contributed by atoms with Gasteiger partial charge in [0.1, 0.15) is 0 Å². The molecule has 2 aromatic carbocycles. The van der Waals surface area contributed by atoms with E-state index in [1.807, 2.05) is 29.2 Å². The molecule has 1 saturated carbocycles. The van der Waals surface area contributed by atoms with Gasteiger partial charge in [0, 0.05) is 36.1 Å². The normalized spacial score (nSPS) is 20.0. The van der Waals surface area contributed by atoms with Gasteiger partial charge in [-0.3, -0.25) is 9.59 Å². The minimum atomic E-state index is -0.705. The van der Waals surface area contributed by atoms with Crippen LogP contribution in [0.4, 0.5) is 0 Å². The number of nitrogens with zero attached hydrogens (tertiary/aromatic N) is 3. The predicted octanol–water partition coefficient (Wildman–Crippen LogP) is 4.73. The third-order valence-electron chi connectivity index (χ3n) is 7.60. The third kappa shape index (κ3) is 4.31. The van der Waals surface area contributed by atoms with Crippen LogP contribution in [-0.4, -0.2) is 33.0 Å². The monoisotopic (exact) mass is 455 g/mol. The molecule has 1 aromatic heterocycles. The van der Waals surface area contributed by atoms with Crippen molar-refractivity contribution in [3.63, 3.8) is 0 Å². The summed E-state index contributed by atoms with van der Waals surface area (Å²) < 4.78 is 2.32. The lowest BCUT2D eigenvalue weighted by molar-refractivity contribution is -0.143. The number of aromatic nitrogens is 1. The fraction of sp³-hybridized carbons (Fsp3) is 0.393. The summed E-state index contributed by atoms with van der Waals surface area (Å²) in [6, 6.07) is 18.3. The molecule has 1 fully saturated rings. The molecule has 3 aromatic rings. The van der Waals surface area contributed by atoms with Crippen LogP contribution in [-0.2, 0) is 29.1 Å². The zero-order valence-corrected chi connectivity index (χ0v) is 19.2. The number of rotatable bonds is 5. The van der Waals surface area contributed by atoms with Gasteiger partial charge in [0.15, 0.2) is 0 Å². The minimum Gasteiger partial charge on any atom is -0.481 e. The summed E-state index contributed by atoms with van der Waals surface area (Å²) in [6.45, 7) is 2.02. The Labute approximate surface area is 199 Å². The van der Waals surface area contributed by atoms with Crippen LogP contribution < -0.4 is 0 Å². The number of benzene rings is 2. The van der Waals surface area contributed by atoms with Crippen LogP contribution in [0.2, 0.25) is 0 Å². The quantitative estimate of drug-likeness (QED) is 0.603. The number of fused-ring (bicyclic) bond motifs is 3. The molecule has 1 aliphatic heterocycles. The Hall–Kier alpha value is -3.59. The highest BCUT2D eigenvalue weighted by Crippen LogP contribution is 2.34. The number of carboxylic acid groups (broad SMARTS) is 1. The topological polar surface area (TPSA) is 86.3 Å². The smallest absolute Gasteiger partial charge is 0.306 e. The van der Waals surface area contributed by atoms with E-state index in [0.29, 0.717) is 37.9 Å². The van der Waals surface area contributed by atoms with Crippen molar-refractivity contribution < 1.29 is 14.7 Å². The molecule has 1 aliphatic carbocycles. The maximum atomic E-state index is 13.2. The largest absolute Gasteiger partial charge is 0.481 e. The molecule has 0 spiro atoms. The summed E-state index contributed by atoms with van der Waals surface area (Å²) in [4.78, 5) is 26.4. The molecule has 2 heterocycles. The van der Waals surface area contributed by atoms with E-state index in [1.54, 1.807) is 0 Å². The molecule has 0 radical (unpaired) electrons. The molecule has 34 heavy (non-hydrogen) atoms. The van der Waals surface area contributed by atoms with E-state index < -0.39 is 5.97 Å². The number of amides is 1. The third-order valence-corrected chi connectivity index (χ3v) is 7.60. The summed E-state index contributed by atoms with van der Waals surface area (Å²) in [5.74, 6) is -0.487. The van der Waals surface area contributed by atoms with E-state index in [9.17, 15) is 14.7 Å². The summed E-state index contributed by atoms with van der Waals surface area (Å²) >= 11 is 0. The number of carboxylic acids is 1. The van der Waals surface area contributed by atoms with Crippen LogP contribution in [0.15, 0.2) is 48.5 Å². The van der Waals surface area contributed by atoms with Gasteiger partial charge in [-0.15, -0.1) is 0 Å². The molecule has 1 amide bonds. The van der Waals surface area contributed by atoms with Gasteiger partial charge < -0.3 is 14.6 Å². The van der Waals surface area contributed by atoms with Crippen molar-refractivity contribution in [2.75, 3.05) is 6.54 Å². The van der Waals surface area contributed by atoms with Gasteiger partial charge in [-0.05, 0) is 67.3 Å². The molecular formula is C28H29N3O3. The number of para-hydroxylation sites is 1. The second-order valence-electron chi connectivity index (χ2n) is 9.66. The van der Waals surface area contributed by atoms with Gasteiger partial charge in [-0.1, -0.05) is 30.3 Å². The van der Waals surface area contributed by atoms with Crippen molar-refractivity contribution in [3.8, 4) is 6.07 Å². The molecule has 0 saturated heterocycles. The van der Waals surface area contributed by atoms with Crippen LogP contribution >= 0.6 is 0 Å². The van der Waals surface area contributed by atoms with Gasteiger partial charge in [0.25, 0.3) is 0 Å². The molecule has 2 aliphatic rings.